The Bertz CT molecular complexity index is 229. The van der Waals surface area contributed by atoms with Crippen molar-refractivity contribution in [2.24, 2.45) is 0 Å². The van der Waals surface area contributed by atoms with E-state index in [-0.39, 0.29) is 6.61 Å². The lowest BCUT2D eigenvalue weighted by Crippen LogP contribution is -2.53. The summed E-state index contributed by atoms with van der Waals surface area (Å²) in [6.45, 7) is 2.81. The Morgan fingerprint density at radius 2 is 1.41 bits per heavy atom. The summed E-state index contributed by atoms with van der Waals surface area (Å²) < 4.78 is 89.7. The fourth-order valence-corrected chi connectivity index (χ4v) is 1.03. The first-order chi connectivity index (χ1) is 7.56. The molecule has 0 aliphatic rings. The molecule has 0 radical (unpaired) electrons. The minimum atomic E-state index is -5.98. The number of ether oxygens (including phenoxy) is 1. The van der Waals surface area contributed by atoms with Gasteiger partial charge in [-0.1, -0.05) is 6.08 Å². The maximum absolute atomic E-state index is 13.0. The van der Waals surface area contributed by atoms with Crippen molar-refractivity contribution in [2.45, 2.75) is 30.9 Å². The van der Waals surface area contributed by atoms with Crippen LogP contribution in [0.5, 0.6) is 0 Å². The van der Waals surface area contributed by atoms with E-state index in [0.717, 1.165) is 0 Å². The smallest absolute Gasteiger partial charge is 0.377 e. The lowest BCUT2D eigenvalue weighted by atomic mass is 9.98. The molecule has 102 valence electrons. The van der Waals surface area contributed by atoms with E-state index in [9.17, 15) is 30.7 Å². The van der Waals surface area contributed by atoms with Gasteiger partial charge in [-0.25, -0.2) is 4.39 Å². The SMILES string of the molecule is C=CCOCCCC(F)(C(F)(F)F)C(F)(F)F. The maximum atomic E-state index is 13.0. The van der Waals surface area contributed by atoms with E-state index in [0.29, 0.717) is 0 Å². The molecule has 0 aliphatic carbocycles. The molecule has 0 aromatic carbocycles. The topological polar surface area (TPSA) is 9.23 Å². The van der Waals surface area contributed by atoms with Crippen LogP contribution in [0.4, 0.5) is 30.7 Å². The van der Waals surface area contributed by atoms with E-state index in [4.69, 9.17) is 0 Å². The Balaban J connectivity index is 4.49. The minimum Gasteiger partial charge on any atom is -0.377 e. The molecule has 0 N–H and O–H groups in total. The molecular weight excluding hydrogens is 257 g/mol. The van der Waals surface area contributed by atoms with Gasteiger partial charge in [0.25, 0.3) is 5.67 Å². The first-order valence-electron chi connectivity index (χ1n) is 4.57. The first-order valence-corrected chi connectivity index (χ1v) is 4.57. The van der Waals surface area contributed by atoms with E-state index in [2.05, 4.69) is 11.3 Å². The van der Waals surface area contributed by atoms with Crippen LogP contribution in [-0.4, -0.2) is 31.2 Å². The lowest BCUT2D eigenvalue weighted by molar-refractivity contribution is -0.343. The van der Waals surface area contributed by atoms with Gasteiger partial charge in [0.1, 0.15) is 0 Å². The van der Waals surface area contributed by atoms with E-state index < -0.39 is 37.5 Å². The normalized spacial score (nSPS) is 13.8. The molecule has 0 atom stereocenters. The van der Waals surface area contributed by atoms with Crippen molar-refractivity contribution in [3.63, 3.8) is 0 Å². The van der Waals surface area contributed by atoms with Gasteiger partial charge in [-0.15, -0.1) is 6.58 Å². The molecule has 17 heavy (non-hydrogen) atoms. The third-order valence-electron chi connectivity index (χ3n) is 1.94. The second-order valence-corrected chi connectivity index (χ2v) is 3.26. The average Bonchev–Trinajstić information content (AvgIpc) is 2.13. The Labute approximate surface area is 93.2 Å². The van der Waals surface area contributed by atoms with Gasteiger partial charge >= 0.3 is 12.4 Å². The van der Waals surface area contributed by atoms with Gasteiger partial charge in [0.2, 0.25) is 0 Å². The second kappa shape index (κ2) is 5.70. The average molecular weight is 268 g/mol. The monoisotopic (exact) mass is 268 g/mol. The van der Waals surface area contributed by atoms with E-state index in [1.807, 2.05) is 0 Å². The van der Waals surface area contributed by atoms with Crippen molar-refractivity contribution in [3.8, 4) is 0 Å². The van der Waals surface area contributed by atoms with Crippen LogP contribution in [0, 0.1) is 0 Å². The molecule has 0 heterocycles. The van der Waals surface area contributed by atoms with Crippen LogP contribution < -0.4 is 0 Å². The van der Waals surface area contributed by atoms with Gasteiger partial charge < -0.3 is 4.74 Å². The van der Waals surface area contributed by atoms with Crippen molar-refractivity contribution in [1.82, 2.24) is 0 Å². The summed E-state index contributed by atoms with van der Waals surface area (Å²) in [6.07, 6.45) is -13.1. The highest BCUT2D eigenvalue weighted by atomic mass is 19.4. The van der Waals surface area contributed by atoms with Gasteiger partial charge in [-0.3, -0.25) is 0 Å². The van der Waals surface area contributed by atoms with Crippen molar-refractivity contribution in [1.29, 1.82) is 0 Å². The Morgan fingerprint density at radius 3 is 1.76 bits per heavy atom. The summed E-state index contributed by atoms with van der Waals surface area (Å²) in [5.74, 6) is 0. The minimum absolute atomic E-state index is 0.0165. The molecule has 0 bridgehead atoms. The molecule has 0 spiro atoms. The van der Waals surface area contributed by atoms with Crippen LogP contribution >= 0.6 is 0 Å². The van der Waals surface area contributed by atoms with Crippen molar-refractivity contribution >= 4 is 0 Å². The molecule has 0 aliphatic heterocycles. The fourth-order valence-electron chi connectivity index (χ4n) is 1.03. The highest BCUT2D eigenvalue weighted by Gasteiger charge is 2.71. The number of alkyl halides is 7. The molecular formula is C9H11F7O. The zero-order chi connectivity index (χ0) is 13.7. The van der Waals surface area contributed by atoms with Crippen LogP contribution in [0.1, 0.15) is 12.8 Å². The van der Waals surface area contributed by atoms with Crippen LogP contribution in [0.3, 0.4) is 0 Å². The standard InChI is InChI=1S/C9H11F7O/c1-2-5-17-6-3-4-7(10,8(11,12)13)9(14,15)16/h2H,1,3-6H2. The number of rotatable bonds is 6. The molecule has 0 rings (SSSR count). The predicted molar refractivity (Wildman–Crippen MR) is 46.2 cm³/mol. The summed E-state index contributed by atoms with van der Waals surface area (Å²) in [7, 11) is 0. The molecule has 0 aromatic heterocycles. The molecule has 0 saturated heterocycles. The van der Waals surface area contributed by atoms with Gasteiger partial charge in [-0.2, -0.15) is 26.3 Å². The molecule has 0 aromatic rings. The van der Waals surface area contributed by atoms with Crippen LogP contribution in [0.15, 0.2) is 12.7 Å². The van der Waals surface area contributed by atoms with Crippen molar-refractivity contribution < 1.29 is 35.5 Å². The number of hydrogen-bond donors (Lipinski definition) is 0. The first kappa shape index (κ1) is 16.2. The van der Waals surface area contributed by atoms with Gasteiger partial charge in [0.05, 0.1) is 6.61 Å². The van der Waals surface area contributed by atoms with Crippen molar-refractivity contribution in [3.05, 3.63) is 12.7 Å². The molecule has 0 amide bonds. The molecule has 0 saturated carbocycles. The van der Waals surface area contributed by atoms with Gasteiger partial charge in [0, 0.05) is 13.0 Å². The van der Waals surface area contributed by atoms with E-state index in [1.165, 1.54) is 6.08 Å². The van der Waals surface area contributed by atoms with Crippen LogP contribution in [0.2, 0.25) is 0 Å². The Kier molecular flexibility index (Phi) is 5.44. The van der Waals surface area contributed by atoms with Gasteiger partial charge in [-0.05, 0) is 6.42 Å². The summed E-state index contributed by atoms with van der Waals surface area (Å²) in [5.41, 5.74) is -5.18. The predicted octanol–water partition coefficient (Wildman–Crippen LogP) is 3.80. The highest BCUT2D eigenvalue weighted by Crippen LogP contribution is 2.48. The zero-order valence-electron chi connectivity index (χ0n) is 8.67. The van der Waals surface area contributed by atoms with E-state index in [1.54, 1.807) is 0 Å². The molecule has 8 heteroatoms. The molecule has 0 unspecified atom stereocenters. The third kappa shape index (κ3) is 4.18. The highest BCUT2D eigenvalue weighted by molar-refractivity contribution is 4.94. The summed E-state index contributed by atoms with van der Waals surface area (Å²) in [5, 5.41) is 0. The number of hydrogen-bond acceptors (Lipinski definition) is 1. The second-order valence-electron chi connectivity index (χ2n) is 3.26. The third-order valence-corrected chi connectivity index (χ3v) is 1.94. The lowest BCUT2D eigenvalue weighted by Gasteiger charge is -2.29. The van der Waals surface area contributed by atoms with Crippen molar-refractivity contribution in [2.75, 3.05) is 13.2 Å². The van der Waals surface area contributed by atoms with Gasteiger partial charge in [0.15, 0.2) is 0 Å². The quantitative estimate of drug-likeness (QED) is 0.404. The Hall–Kier alpha value is -0.790. The Morgan fingerprint density at radius 1 is 0.941 bits per heavy atom. The number of halogens is 7. The zero-order valence-corrected chi connectivity index (χ0v) is 8.67. The fraction of sp³-hybridized carbons (Fsp3) is 0.778. The molecule has 0 fully saturated rings. The molecule has 1 nitrogen and oxygen atoms in total. The summed E-state index contributed by atoms with van der Waals surface area (Å²) >= 11 is 0. The largest absolute Gasteiger partial charge is 0.431 e. The van der Waals surface area contributed by atoms with E-state index >= 15 is 0 Å². The summed E-state index contributed by atoms with van der Waals surface area (Å²) in [6, 6.07) is 0. The maximum Gasteiger partial charge on any atom is 0.431 e. The summed E-state index contributed by atoms with van der Waals surface area (Å²) in [4.78, 5) is 0. The van der Waals surface area contributed by atoms with Crippen LogP contribution in [-0.2, 0) is 4.74 Å². The van der Waals surface area contributed by atoms with Crippen LogP contribution in [0.25, 0.3) is 0 Å².